The van der Waals surface area contributed by atoms with Crippen molar-refractivity contribution in [2.24, 2.45) is 0 Å². The summed E-state index contributed by atoms with van der Waals surface area (Å²) in [5.74, 6) is 0.822. The maximum absolute atomic E-state index is 6.28. The van der Waals surface area contributed by atoms with Crippen molar-refractivity contribution in [2.45, 2.75) is 32.6 Å². The van der Waals surface area contributed by atoms with E-state index in [0.717, 1.165) is 47.6 Å². The van der Waals surface area contributed by atoms with Crippen molar-refractivity contribution in [2.75, 3.05) is 13.1 Å². The van der Waals surface area contributed by atoms with Crippen LogP contribution in [-0.2, 0) is 11.3 Å². The molecule has 1 fully saturated rings. The maximum Gasteiger partial charge on any atom is 0.142 e. The second-order valence-corrected chi connectivity index (χ2v) is 7.25. The van der Waals surface area contributed by atoms with Crippen LogP contribution in [0.2, 0.25) is 5.02 Å². The summed E-state index contributed by atoms with van der Waals surface area (Å²) < 4.78 is 5.80. The van der Waals surface area contributed by atoms with Gasteiger partial charge >= 0.3 is 0 Å². The van der Waals surface area contributed by atoms with Gasteiger partial charge in [-0.2, -0.15) is 0 Å². The molecule has 0 spiro atoms. The fourth-order valence-electron chi connectivity index (χ4n) is 3.50. The standard InChI is InChI=1S/C20H21ClN4O/c1-13-10-25(11-14(2)26-13)12-19-23-9-16-6-5-15(8-18(16)24-19)20-17(21)4-3-7-22-20/h3-9,13-14H,10-12H2,1-2H3. The van der Waals surface area contributed by atoms with Crippen LogP contribution in [0.3, 0.4) is 0 Å². The first kappa shape index (κ1) is 17.3. The molecule has 4 rings (SSSR count). The van der Waals surface area contributed by atoms with E-state index in [4.69, 9.17) is 21.3 Å². The quantitative estimate of drug-likeness (QED) is 0.700. The minimum atomic E-state index is 0.233. The largest absolute Gasteiger partial charge is 0.373 e. The predicted octanol–water partition coefficient (Wildman–Crippen LogP) is 3.95. The average Bonchev–Trinajstić information content (AvgIpc) is 2.60. The van der Waals surface area contributed by atoms with E-state index in [1.807, 2.05) is 36.5 Å². The Bertz CT molecular complexity index is 923. The Labute approximate surface area is 158 Å². The molecule has 1 aromatic carbocycles. The molecule has 2 unspecified atom stereocenters. The molecular weight excluding hydrogens is 348 g/mol. The third-order valence-electron chi connectivity index (χ3n) is 4.52. The molecule has 1 saturated heterocycles. The summed E-state index contributed by atoms with van der Waals surface area (Å²) in [4.78, 5) is 16.0. The molecule has 5 nitrogen and oxygen atoms in total. The Balaban J connectivity index is 1.63. The Hall–Kier alpha value is -2.08. The third-order valence-corrected chi connectivity index (χ3v) is 4.83. The summed E-state index contributed by atoms with van der Waals surface area (Å²) >= 11 is 6.28. The van der Waals surface area contributed by atoms with Crippen molar-refractivity contribution in [3.63, 3.8) is 0 Å². The van der Waals surface area contributed by atoms with Crippen molar-refractivity contribution >= 4 is 22.5 Å². The third kappa shape index (κ3) is 3.70. The number of rotatable bonds is 3. The topological polar surface area (TPSA) is 51.1 Å². The molecule has 0 saturated carbocycles. The number of pyridine rings is 1. The Morgan fingerprint density at radius 3 is 2.73 bits per heavy atom. The lowest BCUT2D eigenvalue weighted by molar-refractivity contribution is -0.0710. The number of halogens is 1. The summed E-state index contributed by atoms with van der Waals surface area (Å²) in [7, 11) is 0. The number of benzene rings is 1. The van der Waals surface area contributed by atoms with Gasteiger partial charge in [0.05, 0.1) is 35.0 Å². The molecule has 2 atom stereocenters. The SMILES string of the molecule is CC1CN(Cc2ncc3ccc(-c4ncccc4Cl)cc3n2)CC(C)O1. The Kier molecular flexibility index (Phi) is 4.85. The van der Waals surface area contributed by atoms with Gasteiger partial charge < -0.3 is 4.74 Å². The second kappa shape index (κ2) is 7.27. The molecule has 134 valence electrons. The number of morpholine rings is 1. The Morgan fingerprint density at radius 2 is 1.96 bits per heavy atom. The molecule has 0 N–H and O–H groups in total. The van der Waals surface area contributed by atoms with E-state index >= 15 is 0 Å². The number of ether oxygens (including phenoxy) is 1. The fourth-order valence-corrected chi connectivity index (χ4v) is 3.73. The Morgan fingerprint density at radius 1 is 1.15 bits per heavy atom. The molecule has 1 aliphatic rings. The molecule has 0 bridgehead atoms. The average molecular weight is 369 g/mol. The van der Waals surface area contributed by atoms with Gasteiger partial charge in [-0.3, -0.25) is 9.88 Å². The van der Waals surface area contributed by atoms with Gasteiger partial charge in [0.25, 0.3) is 0 Å². The van der Waals surface area contributed by atoms with Gasteiger partial charge in [0.2, 0.25) is 0 Å². The fraction of sp³-hybridized carbons (Fsp3) is 0.350. The van der Waals surface area contributed by atoms with Crippen LogP contribution in [0.4, 0.5) is 0 Å². The smallest absolute Gasteiger partial charge is 0.142 e. The molecule has 3 heterocycles. The first-order valence-corrected chi connectivity index (χ1v) is 9.20. The highest BCUT2D eigenvalue weighted by Gasteiger charge is 2.22. The van der Waals surface area contributed by atoms with E-state index in [0.29, 0.717) is 5.02 Å². The molecule has 6 heteroatoms. The summed E-state index contributed by atoms with van der Waals surface area (Å²) in [5, 5.41) is 1.64. The summed E-state index contributed by atoms with van der Waals surface area (Å²) in [6, 6.07) is 9.72. The number of nitrogens with zero attached hydrogens (tertiary/aromatic N) is 4. The van der Waals surface area contributed by atoms with E-state index in [1.165, 1.54) is 0 Å². The molecule has 2 aromatic heterocycles. The first-order chi connectivity index (χ1) is 12.6. The van der Waals surface area contributed by atoms with Crippen LogP contribution in [0.25, 0.3) is 22.2 Å². The number of hydrogen-bond donors (Lipinski definition) is 0. The number of aromatic nitrogens is 3. The van der Waals surface area contributed by atoms with E-state index in [9.17, 15) is 0 Å². The number of fused-ring (bicyclic) bond motifs is 1. The van der Waals surface area contributed by atoms with Gasteiger partial charge in [0.15, 0.2) is 0 Å². The molecule has 0 amide bonds. The van der Waals surface area contributed by atoms with Crippen molar-refractivity contribution in [1.82, 2.24) is 19.9 Å². The minimum absolute atomic E-state index is 0.233. The summed E-state index contributed by atoms with van der Waals surface area (Å²) in [6.45, 7) is 6.73. The lowest BCUT2D eigenvalue weighted by Crippen LogP contribution is -2.45. The zero-order chi connectivity index (χ0) is 18.1. The highest BCUT2D eigenvalue weighted by molar-refractivity contribution is 6.33. The molecule has 0 radical (unpaired) electrons. The van der Waals surface area contributed by atoms with Gasteiger partial charge in [-0.25, -0.2) is 9.97 Å². The molecule has 0 aliphatic carbocycles. The lowest BCUT2D eigenvalue weighted by atomic mass is 10.1. The van der Waals surface area contributed by atoms with Crippen molar-refractivity contribution in [3.05, 3.63) is 53.6 Å². The molecule has 1 aliphatic heterocycles. The minimum Gasteiger partial charge on any atom is -0.373 e. The van der Waals surface area contributed by atoms with Crippen LogP contribution in [-0.4, -0.2) is 45.1 Å². The zero-order valence-electron chi connectivity index (χ0n) is 14.9. The van der Waals surface area contributed by atoms with E-state index in [2.05, 4.69) is 28.7 Å². The van der Waals surface area contributed by atoms with Crippen molar-refractivity contribution < 1.29 is 4.74 Å². The van der Waals surface area contributed by atoms with E-state index in [1.54, 1.807) is 6.20 Å². The zero-order valence-corrected chi connectivity index (χ0v) is 15.6. The first-order valence-electron chi connectivity index (χ1n) is 8.83. The molecule has 3 aromatic rings. The van der Waals surface area contributed by atoms with Gasteiger partial charge in [-0.1, -0.05) is 23.7 Å². The normalized spacial score (nSPS) is 21.2. The van der Waals surface area contributed by atoms with Gasteiger partial charge in [-0.05, 0) is 32.0 Å². The molecular formula is C20H21ClN4O. The molecule has 26 heavy (non-hydrogen) atoms. The van der Waals surface area contributed by atoms with Crippen molar-refractivity contribution in [1.29, 1.82) is 0 Å². The van der Waals surface area contributed by atoms with E-state index in [-0.39, 0.29) is 12.2 Å². The van der Waals surface area contributed by atoms with Crippen LogP contribution in [0.15, 0.2) is 42.7 Å². The summed E-state index contributed by atoms with van der Waals surface area (Å²) in [5.41, 5.74) is 2.64. The highest BCUT2D eigenvalue weighted by atomic mass is 35.5. The monoisotopic (exact) mass is 368 g/mol. The van der Waals surface area contributed by atoms with Crippen LogP contribution < -0.4 is 0 Å². The van der Waals surface area contributed by atoms with Crippen molar-refractivity contribution in [3.8, 4) is 11.3 Å². The summed E-state index contributed by atoms with van der Waals surface area (Å²) in [6.07, 6.45) is 4.10. The number of hydrogen-bond acceptors (Lipinski definition) is 5. The lowest BCUT2D eigenvalue weighted by Gasteiger charge is -2.34. The second-order valence-electron chi connectivity index (χ2n) is 6.85. The highest BCUT2D eigenvalue weighted by Crippen LogP contribution is 2.27. The van der Waals surface area contributed by atoms with Crippen LogP contribution in [0, 0.1) is 0 Å². The van der Waals surface area contributed by atoms with Gasteiger partial charge in [-0.15, -0.1) is 0 Å². The van der Waals surface area contributed by atoms with Gasteiger partial charge in [0.1, 0.15) is 5.82 Å². The van der Waals surface area contributed by atoms with Crippen LogP contribution >= 0.6 is 11.6 Å². The van der Waals surface area contributed by atoms with Gasteiger partial charge in [0, 0.05) is 36.4 Å². The van der Waals surface area contributed by atoms with Crippen LogP contribution in [0.1, 0.15) is 19.7 Å². The maximum atomic E-state index is 6.28. The predicted molar refractivity (Wildman–Crippen MR) is 103 cm³/mol. The van der Waals surface area contributed by atoms with Crippen LogP contribution in [0.5, 0.6) is 0 Å². The van der Waals surface area contributed by atoms with E-state index < -0.39 is 0 Å².